The Morgan fingerprint density at radius 2 is 1.83 bits per heavy atom. The van der Waals surface area contributed by atoms with Gasteiger partial charge in [0.05, 0.1) is 12.0 Å². The summed E-state index contributed by atoms with van der Waals surface area (Å²) < 4.78 is 55.0. The summed E-state index contributed by atoms with van der Waals surface area (Å²) >= 11 is 0. The average Bonchev–Trinajstić information content (AvgIpc) is 2.64. The van der Waals surface area contributed by atoms with Crippen molar-refractivity contribution < 1.29 is 27.2 Å². The van der Waals surface area contributed by atoms with Gasteiger partial charge in [-0.15, -0.1) is 0 Å². The van der Waals surface area contributed by atoms with E-state index in [1.807, 2.05) is 0 Å². The molecular formula is C21H20F4N2O2. The lowest BCUT2D eigenvalue weighted by molar-refractivity contribution is -0.127. The fourth-order valence-corrected chi connectivity index (χ4v) is 3.73. The second-order valence-electron chi connectivity index (χ2n) is 7.24. The Bertz CT molecular complexity index is 914. The number of allylic oxidation sites excluding steroid dienone is 5. The summed E-state index contributed by atoms with van der Waals surface area (Å²) in [4.78, 5) is 25.2. The molecule has 4 nitrogen and oxygen atoms in total. The van der Waals surface area contributed by atoms with Crippen LogP contribution >= 0.6 is 0 Å². The zero-order valence-corrected chi connectivity index (χ0v) is 16.0. The molecule has 3 aliphatic rings. The summed E-state index contributed by atoms with van der Waals surface area (Å²) in [6.07, 6.45) is 5.43. The molecule has 1 aliphatic heterocycles. The quantitative estimate of drug-likeness (QED) is 0.696. The summed E-state index contributed by atoms with van der Waals surface area (Å²) in [6, 6.07) is -1.53. The zero-order valence-electron chi connectivity index (χ0n) is 16.0. The standard InChI is InChI=1S/C21H20F4N2O2/c1-9-17(21(29)27-16-7-6-14(23)19(25)18(9)16)10(2)20(28)26-11(3)13-5-4-12(22)8-15(13)24/h4-8,10-11,13,16H,1-3H3,(H,26,28)(H,27,29)/t10-,11-,13?,16?/m0/s1. The Kier molecular flexibility index (Phi) is 5.82. The second-order valence-corrected chi connectivity index (χ2v) is 7.24. The van der Waals surface area contributed by atoms with Crippen molar-refractivity contribution in [3.63, 3.8) is 0 Å². The molecule has 0 saturated carbocycles. The first kappa shape index (κ1) is 21.1. The summed E-state index contributed by atoms with van der Waals surface area (Å²) in [5, 5.41) is 5.15. The van der Waals surface area contributed by atoms with Gasteiger partial charge < -0.3 is 10.6 Å². The van der Waals surface area contributed by atoms with Crippen molar-refractivity contribution in [3.05, 3.63) is 71.1 Å². The number of hydrogen-bond acceptors (Lipinski definition) is 2. The van der Waals surface area contributed by atoms with Crippen LogP contribution in [0.25, 0.3) is 0 Å². The molecule has 0 fully saturated rings. The molecule has 0 saturated heterocycles. The average molecular weight is 408 g/mol. The van der Waals surface area contributed by atoms with Gasteiger partial charge in [0.2, 0.25) is 11.8 Å². The first-order valence-corrected chi connectivity index (χ1v) is 9.12. The molecule has 2 radical (unpaired) electrons. The van der Waals surface area contributed by atoms with E-state index in [1.165, 1.54) is 26.7 Å². The van der Waals surface area contributed by atoms with Crippen molar-refractivity contribution in [3.8, 4) is 0 Å². The molecule has 2 amide bonds. The fraction of sp³-hybridized carbons (Fsp3) is 0.333. The van der Waals surface area contributed by atoms with Crippen molar-refractivity contribution in [2.75, 3.05) is 0 Å². The van der Waals surface area contributed by atoms with E-state index in [-0.39, 0.29) is 16.7 Å². The number of amides is 2. The van der Waals surface area contributed by atoms with Crippen LogP contribution in [0.5, 0.6) is 0 Å². The maximum absolute atomic E-state index is 14.3. The third kappa shape index (κ3) is 3.93. The highest BCUT2D eigenvalue weighted by atomic mass is 19.2. The number of carbonyl (C=O) groups is 2. The van der Waals surface area contributed by atoms with Gasteiger partial charge in [0.25, 0.3) is 0 Å². The first-order chi connectivity index (χ1) is 13.6. The molecule has 0 spiro atoms. The molecule has 0 aromatic heterocycles. The molecule has 4 atom stereocenters. The van der Waals surface area contributed by atoms with Crippen molar-refractivity contribution >= 4 is 11.8 Å². The van der Waals surface area contributed by atoms with Crippen LogP contribution in [0.3, 0.4) is 0 Å². The Morgan fingerprint density at radius 1 is 1.14 bits per heavy atom. The molecule has 154 valence electrons. The van der Waals surface area contributed by atoms with Gasteiger partial charge in [-0.2, -0.15) is 0 Å². The number of halogens is 4. The predicted molar refractivity (Wildman–Crippen MR) is 99.2 cm³/mol. The lowest BCUT2D eigenvalue weighted by Gasteiger charge is -2.33. The van der Waals surface area contributed by atoms with Gasteiger partial charge in [-0.05, 0) is 44.9 Å². The molecule has 8 heteroatoms. The van der Waals surface area contributed by atoms with Crippen LogP contribution in [0.2, 0.25) is 0 Å². The van der Waals surface area contributed by atoms with E-state index < -0.39 is 59.0 Å². The minimum absolute atomic E-state index is 0.00813. The number of carbonyl (C=O) groups excluding carboxylic acids is 2. The Labute approximate surface area is 166 Å². The van der Waals surface area contributed by atoms with Crippen molar-refractivity contribution in [2.45, 2.75) is 32.9 Å². The van der Waals surface area contributed by atoms with Gasteiger partial charge in [-0.3, -0.25) is 9.59 Å². The Balaban J connectivity index is 1.82. The van der Waals surface area contributed by atoms with E-state index in [1.54, 1.807) is 6.92 Å². The molecule has 2 N–H and O–H groups in total. The first-order valence-electron chi connectivity index (χ1n) is 9.12. The van der Waals surface area contributed by atoms with E-state index in [9.17, 15) is 27.2 Å². The number of hydrogen-bond donors (Lipinski definition) is 2. The largest absolute Gasteiger partial charge is 0.352 e. The summed E-state index contributed by atoms with van der Waals surface area (Å²) in [5.74, 6) is -6.58. The molecule has 0 aromatic carbocycles. The normalized spacial score (nSPS) is 26.7. The van der Waals surface area contributed by atoms with Crippen LogP contribution in [0.4, 0.5) is 17.6 Å². The smallest absolute Gasteiger partial charge is 0.248 e. The molecule has 29 heavy (non-hydrogen) atoms. The van der Waals surface area contributed by atoms with E-state index >= 15 is 0 Å². The van der Waals surface area contributed by atoms with E-state index in [0.29, 0.717) is 0 Å². The van der Waals surface area contributed by atoms with Gasteiger partial charge in [0, 0.05) is 35.6 Å². The van der Waals surface area contributed by atoms with Gasteiger partial charge in [-0.25, -0.2) is 17.6 Å². The van der Waals surface area contributed by atoms with Crippen LogP contribution in [-0.2, 0) is 9.59 Å². The molecule has 3 rings (SSSR count). The lowest BCUT2D eigenvalue weighted by atomic mass is 9.81. The van der Waals surface area contributed by atoms with Crippen molar-refractivity contribution in [1.29, 1.82) is 0 Å². The van der Waals surface area contributed by atoms with Crippen LogP contribution in [0.15, 0.2) is 58.3 Å². The Hall–Kier alpha value is -2.64. The van der Waals surface area contributed by atoms with Crippen molar-refractivity contribution in [1.82, 2.24) is 10.6 Å². The monoisotopic (exact) mass is 408 g/mol. The minimum Gasteiger partial charge on any atom is -0.352 e. The van der Waals surface area contributed by atoms with Crippen LogP contribution in [-0.4, -0.2) is 23.9 Å². The molecule has 1 heterocycles. The number of rotatable bonds is 4. The lowest BCUT2D eigenvalue weighted by Crippen LogP contribution is -2.48. The molecule has 0 aromatic rings. The second kappa shape index (κ2) is 8.00. The minimum atomic E-state index is -1.08. The highest BCUT2D eigenvalue weighted by Gasteiger charge is 2.38. The summed E-state index contributed by atoms with van der Waals surface area (Å²) in [5.41, 5.74) is 0.169. The van der Waals surface area contributed by atoms with E-state index in [0.717, 1.165) is 18.2 Å². The SMILES string of the molecule is CC1=C([C@H](C)C(=O)N[C@@H](C)C2[CH]C=C(F)C=C2F)C(=O)NC2[CH]C=C(F)C(F)=C12. The highest BCUT2D eigenvalue weighted by molar-refractivity contribution is 6.03. The van der Waals surface area contributed by atoms with Gasteiger partial charge in [-0.1, -0.05) is 0 Å². The number of fused-ring (bicyclic) bond motifs is 1. The van der Waals surface area contributed by atoms with Crippen LogP contribution in [0, 0.1) is 24.7 Å². The van der Waals surface area contributed by atoms with E-state index in [2.05, 4.69) is 10.6 Å². The van der Waals surface area contributed by atoms with Gasteiger partial charge >= 0.3 is 0 Å². The zero-order chi connectivity index (χ0) is 21.5. The molecule has 2 aliphatic carbocycles. The molecular weight excluding hydrogens is 388 g/mol. The summed E-state index contributed by atoms with van der Waals surface area (Å²) in [6.45, 7) is 4.46. The summed E-state index contributed by atoms with van der Waals surface area (Å²) in [7, 11) is 0. The Morgan fingerprint density at radius 3 is 2.48 bits per heavy atom. The predicted octanol–water partition coefficient (Wildman–Crippen LogP) is 3.78. The molecule has 0 bridgehead atoms. The maximum Gasteiger partial charge on any atom is 0.248 e. The van der Waals surface area contributed by atoms with Gasteiger partial charge in [0.1, 0.15) is 11.7 Å². The fourth-order valence-electron chi connectivity index (χ4n) is 3.73. The van der Waals surface area contributed by atoms with Gasteiger partial charge in [0.15, 0.2) is 11.7 Å². The topological polar surface area (TPSA) is 58.2 Å². The highest BCUT2D eigenvalue weighted by Crippen LogP contribution is 2.37. The third-order valence-corrected chi connectivity index (χ3v) is 5.32. The van der Waals surface area contributed by atoms with Crippen LogP contribution < -0.4 is 10.6 Å². The van der Waals surface area contributed by atoms with Crippen LogP contribution in [0.1, 0.15) is 20.8 Å². The third-order valence-electron chi connectivity index (χ3n) is 5.32. The maximum atomic E-state index is 14.3. The van der Waals surface area contributed by atoms with E-state index in [4.69, 9.17) is 0 Å². The van der Waals surface area contributed by atoms with Crippen molar-refractivity contribution in [2.24, 2.45) is 11.8 Å². The number of nitrogens with one attached hydrogen (secondary N) is 2. The molecule has 2 unspecified atom stereocenters.